The van der Waals surface area contributed by atoms with Crippen molar-refractivity contribution < 1.29 is 40.8 Å². The van der Waals surface area contributed by atoms with Crippen molar-refractivity contribution in [1.82, 2.24) is 5.32 Å². The molecule has 1 aromatic carbocycles. The predicted octanol–water partition coefficient (Wildman–Crippen LogP) is 0.834. The van der Waals surface area contributed by atoms with Gasteiger partial charge in [-0.25, -0.2) is 13.2 Å². The van der Waals surface area contributed by atoms with Crippen molar-refractivity contribution in [3.8, 4) is 0 Å². The monoisotopic (exact) mass is 384 g/mol. The van der Waals surface area contributed by atoms with Crippen LogP contribution in [0.1, 0.15) is 10.4 Å². The van der Waals surface area contributed by atoms with E-state index in [0.717, 1.165) is 18.4 Å². The van der Waals surface area contributed by atoms with Crippen molar-refractivity contribution in [2.24, 2.45) is 0 Å². The number of nitrogens with one attached hydrogen (secondary N) is 1. The molecule has 0 radical (unpaired) electrons. The Balaban J connectivity index is 2.85. The smallest absolute Gasteiger partial charge is 0.405 e. The van der Waals surface area contributed by atoms with Crippen LogP contribution in [0.4, 0.5) is 18.9 Å². The summed E-state index contributed by atoms with van der Waals surface area (Å²) >= 11 is 0. The minimum absolute atomic E-state index is 0.442. The number of ether oxygens (including phenoxy) is 1. The van der Waals surface area contributed by atoms with Crippen LogP contribution >= 0.6 is 0 Å². The van der Waals surface area contributed by atoms with Gasteiger partial charge in [0, 0.05) is 12.3 Å². The Hall–Kier alpha value is -2.70. The first-order valence-corrected chi connectivity index (χ1v) is 8.19. The molecular weight excluding hydrogens is 373 g/mol. The Labute approximate surface area is 138 Å². The van der Waals surface area contributed by atoms with E-state index in [9.17, 15) is 41.3 Å². The minimum Gasteiger partial charge on any atom is -0.452 e. The van der Waals surface area contributed by atoms with Gasteiger partial charge in [0.1, 0.15) is 11.4 Å². The summed E-state index contributed by atoms with van der Waals surface area (Å²) in [5.74, 6) is -2.47. The zero-order valence-corrected chi connectivity index (χ0v) is 13.3. The lowest BCUT2D eigenvalue weighted by atomic mass is 10.2. The number of nitro benzene ring substituents is 1. The Morgan fingerprint density at radius 1 is 1.32 bits per heavy atom. The van der Waals surface area contributed by atoms with Crippen LogP contribution in [-0.4, -0.2) is 50.8 Å². The largest absolute Gasteiger partial charge is 0.452 e. The number of carbonyl (C=O) groups is 2. The number of alkyl halides is 3. The van der Waals surface area contributed by atoms with E-state index in [0.29, 0.717) is 6.07 Å². The quantitative estimate of drug-likeness (QED) is 0.436. The fraction of sp³-hybridized carbons (Fsp3) is 0.333. The summed E-state index contributed by atoms with van der Waals surface area (Å²) < 4.78 is 63.0. The van der Waals surface area contributed by atoms with E-state index in [2.05, 4.69) is 4.74 Å². The zero-order valence-electron chi connectivity index (χ0n) is 12.5. The molecule has 0 atom stereocenters. The number of benzene rings is 1. The number of esters is 1. The lowest BCUT2D eigenvalue weighted by Gasteiger charge is -2.09. The lowest BCUT2D eigenvalue weighted by molar-refractivity contribution is -0.387. The number of carbonyl (C=O) groups excluding carboxylic acids is 2. The number of amides is 1. The highest BCUT2D eigenvalue weighted by atomic mass is 32.2. The normalized spacial score (nSPS) is 11.7. The van der Waals surface area contributed by atoms with E-state index >= 15 is 0 Å². The topological polar surface area (TPSA) is 133 Å². The minimum atomic E-state index is -4.64. The highest BCUT2D eigenvalue weighted by Crippen LogP contribution is 2.25. The molecule has 0 heterocycles. The fourth-order valence-corrected chi connectivity index (χ4v) is 2.39. The van der Waals surface area contributed by atoms with E-state index in [1.54, 1.807) is 0 Å². The second-order valence-electron chi connectivity index (χ2n) is 4.68. The maximum absolute atomic E-state index is 11.9. The Bertz CT molecular complexity index is 805. The van der Waals surface area contributed by atoms with Crippen molar-refractivity contribution in [3.63, 3.8) is 0 Å². The first-order chi connectivity index (χ1) is 11.3. The van der Waals surface area contributed by atoms with Crippen LogP contribution < -0.4 is 5.32 Å². The van der Waals surface area contributed by atoms with E-state index in [-0.39, 0.29) is 0 Å². The lowest BCUT2D eigenvalue weighted by Crippen LogP contribution is -2.36. The number of sulfone groups is 1. The summed E-state index contributed by atoms with van der Waals surface area (Å²) in [4.78, 5) is 32.1. The number of nitrogens with zero attached hydrogens (tertiary/aromatic N) is 1. The summed E-state index contributed by atoms with van der Waals surface area (Å²) in [7, 11) is -3.93. The van der Waals surface area contributed by atoms with Gasteiger partial charge in [0.15, 0.2) is 16.4 Å². The van der Waals surface area contributed by atoms with Crippen LogP contribution in [0, 0.1) is 10.1 Å². The average molecular weight is 384 g/mol. The molecule has 0 bridgehead atoms. The third-order valence-electron chi connectivity index (χ3n) is 2.61. The van der Waals surface area contributed by atoms with E-state index in [1.165, 1.54) is 5.32 Å². The predicted molar refractivity (Wildman–Crippen MR) is 75.6 cm³/mol. The summed E-state index contributed by atoms with van der Waals surface area (Å²) in [6, 6.07) is 2.36. The summed E-state index contributed by atoms with van der Waals surface area (Å²) in [5.41, 5.74) is -1.32. The Kier molecular flexibility index (Phi) is 6.07. The Morgan fingerprint density at radius 3 is 2.40 bits per heavy atom. The third kappa shape index (κ3) is 6.37. The molecule has 1 aromatic rings. The van der Waals surface area contributed by atoms with Crippen LogP contribution in [0.15, 0.2) is 23.1 Å². The van der Waals surface area contributed by atoms with Crippen LogP contribution in [0.3, 0.4) is 0 Å². The SMILES string of the molecule is CS(=O)(=O)c1ccc(C(=O)OCC(=O)NCC(F)(F)F)cc1[N+](=O)[O-]. The van der Waals surface area contributed by atoms with Crippen LogP contribution in [0.5, 0.6) is 0 Å². The first-order valence-electron chi connectivity index (χ1n) is 6.30. The molecule has 0 aliphatic heterocycles. The standard InChI is InChI=1S/C12H11F3N2O7S/c1-25(22,23)9-3-2-7(4-8(9)17(20)21)11(19)24-5-10(18)16-6-12(13,14)15/h2-4H,5-6H2,1H3,(H,16,18). The van der Waals surface area contributed by atoms with Crippen molar-refractivity contribution in [2.75, 3.05) is 19.4 Å². The molecule has 25 heavy (non-hydrogen) atoms. The molecule has 1 amide bonds. The molecule has 0 unspecified atom stereocenters. The molecule has 13 heteroatoms. The molecule has 0 saturated carbocycles. The maximum atomic E-state index is 11.9. The summed E-state index contributed by atoms with van der Waals surface area (Å²) in [6.45, 7) is -2.66. The van der Waals surface area contributed by atoms with Gasteiger partial charge in [-0.3, -0.25) is 14.9 Å². The molecule has 1 rings (SSSR count). The molecule has 0 saturated heterocycles. The molecular formula is C12H11F3N2O7S. The van der Waals surface area contributed by atoms with Gasteiger partial charge in [0.05, 0.1) is 10.5 Å². The molecule has 0 aliphatic carbocycles. The van der Waals surface area contributed by atoms with E-state index in [1.807, 2.05) is 0 Å². The second-order valence-corrected chi connectivity index (χ2v) is 6.66. The van der Waals surface area contributed by atoms with Gasteiger partial charge >= 0.3 is 12.1 Å². The number of halogens is 3. The number of hydrogen-bond donors (Lipinski definition) is 1. The fourth-order valence-electron chi connectivity index (χ4n) is 1.56. The highest BCUT2D eigenvalue weighted by molar-refractivity contribution is 7.90. The third-order valence-corrected chi connectivity index (χ3v) is 3.76. The zero-order chi connectivity index (χ0) is 19.4. The van der Waals surface area contributed by atoms with Gasteiger partial charge in [-0.15, -0.1) is 0 Å². The van der Waals surface area contributed by atoms with E-state index < -0.39 is 62.1 Å². The van der Waals surface area contributed by atoms with Gasteiger partial charge in [-0.2, -0.15) is 13.2 Å². The number of nitro groups is 1. The second kappa shape index (κ2) is 7.46. The average Bonchev–Trinajstić information content (AvgIpc) is 2.48. The molecule has 0 aromatic heterocycles. The van der Waals surface area contributed by atoms with Crippen molar-refractivity contribution in [2.45, 2.75) is 11.1 Å². The number of hydrogen-bond acceptors (Lipinski definition) is 7. The van der Waals surface area contributed by atoms with Gasteiger partial charge < -0.3 is 10.1 Å². The van der Waals surface area contributed by atoms with Crippen molar-refractivity contribution in [3.05, 3.63) is 33.9 Å². The van der Waals surface area contributed by atoms with Gasteiger partial charge in [-0.1, -0.05) is 0 Å². The molecule has 0 aliphatic rings. The first kappa shape index (κ1) is 20.3. The van der Waals surface area contributed by atoms with Crippen LogP contribution in [0.25, 0.3) is 0 Å². The van der Waals surface area contributed by atoms with Crippen molar-refractivity contribution in [1.29, 1.82) is 0 Å². The molecule has 0 fully saturated rings. The van der Waals surface area contributed by atoms with Gasteiger partial charge in [0.25, 0.3) is 11.6 Å². The highest BCUT2D eigenvalue weighted by Gasteiger charge is 2.28. The summed E-state index contributed by atoms with van der Waals surface area (Å²) in [6.07, 6.45) is -3.90. The van der Waals surface area contributed by atoms with Crippen molar-refractivity contribution >= 4 is 27.4 Å². The van der Waals surface area contributed by atoms with E-state index in [4.69, 9.17) is 0 Å². The molecule has 0 spiro atoms. The van der Waals surface area contributed by atoms with Gasteiger partial charge in [0.2, 0.25) is 0 Å². The van der Waals surface area contributed by atoms with Gasteiger partial charge in [-0.05, 0) is 12.1 Å². The van der Waals surface area contributed by atoms with Crippen LogP contribution in [0.2, 0.25) is 0 Å². The molecule has 1 N–H and O–H groups in total. The summed E-state index contributed by atoms with van der Waals surface area (Å²) in [5, 5.41) is 12.4. The maximum Gasteiger partial charge on any atom is 0.405 e. The van der Waals surface area contributed by atoms with Crippen LogP contribution in [-0.2, 0) is 19.4 Å². The molecule has 138 valence electrons. The number of rotatable bonds is 6. The molecule has 9 nitrogen and oxygen atoms in total. The Morgan fingerprint density at radius 2 is 1.92 bits per heavy atom.